The standard InChI is InChI=1S/C10H18F3NO3/c1-5-8(16-4)14(3)9(15)7(2)17-6-10(11,12)13/h7-8H,5-6H2,1-4H3. The fourth-order valence-corrected chi connectivity index (χ4v) is 1.32. The summed E-state index contributed by atoms with van der Waals surface area (Å²) in [5, 5.41) is 0. The summed E-state index contributed by atoms with van der Waals surface area (Å²) >= 11 is 0. The van der Waals surface area contributed by atoms with Gasteiger partial charge in [-0.3, -0.25) is 4.79 Å². The summed E-state index contributed by atoms with van der Waals surface area (Å²) in [6, 6.07) is 0. The molecule has 0 spiro atoms. The number of alkyl halides is 3. The maximum Gasteiger partial charge on any atom is 0.411 e. The summed E-state index contributed by atoms with van der Waals surface area (Å²) < 4.78 is 45.2. The minimum Gasteiger partial charge on any atom is -0.362 e. The lowest BCUT2D eigenvalue weighted by Gasteiger charge is -2.28. The summed E-state index contributed by atoms with van der Waals surface area (Å²) in [5.74, 6) is -0.539. The molecule has 0 radical (unpaired) electrons. The molecule has 0 N–H and O–H groups in total. The van der Waals surface area contributed by atoms with Gasteiger partial charge in [0.25, 0.3) is 5.91 Å². The molecule has 0 saturated heterocycles. The molecule has 102 valence electrons. The Hall–Kier alpha value is -0.820. The molecule has 0 aliphatic rings. The van der Waals surface area contributed by atoms with Crippen molar-refractivity contribution in [3.63, 3.8) is 0 Å². The Morgan fingerprint density at radius 3 is 2.29 bits per heavy atom. The van der Waals surface area contributed by atoms with E-state index in [-0.39, 0.29) is 0 Å². The van der Waals surface area contributed by atoms with Crippen molar-refractivity contribution in [1.29, 1.82) is 0 Å². The molecular weight excluding hydrogens is 239 g/mol. The van der Waals surface area contributed by atoms with Crippen molar-refractivity contribution >= 4 is 5.91 Å². The summed E-state index contributed by atoms with van der Waals surface area (Å²) in [5.41, 5.74) is 0. The van der Waals surface area contributed by atoms with Crippen LogP contribution in [0.5, 0.6) is 0 Å². The molecule has 0 aliphatic heterocycles. The summed E-state index contributed by atoms with van der Waals surface area (Å²) in [7, 11) is 2.90. The van der Waals surface area contributed by atoms with Crippen molar-refractivity contribution in [2.75, 3.05) is 20.8 Å². The van der Waals surface area contributed by atoms with E-state index < -0.39 is 31.0 Å². The first-order valence-electron chi connectivity index (χ1n) is 5.20. The highest BCUT2D eigenvalue weighted by molar-refractivity contribution is 5.80. The molecule has 0 aliphatic carbocycles. The molecule has 0 heterocycles. The molecule has 1 amide bonds. The van der Waals surface area contributed by atoms with Crippen LogP contribution < -0.4 is 0 Å². The van der Waals surface area contributed by atoms with Crippen LogP contribution in [0.25, 0.3) is 0 Å². The van der Waals surface area contributed by atoms with Crippen molar-refractivity contribution in [3.05, 3.63) is 0 Å². The minimum atomic E-state index is -4.43. The highest BCUT2D eigenvalue weighted by atomic mass is 19.4. The van der Waals surface area contributed by atoms with Gasteiger partial charge in [-0.2, -0.15) is 13.2 Å². The number of hydrogen-bond donors (Lipinski definition) is 0. The van der Waals surface area contributed by atoms with E-state index >= 15 is 0 Å². The third-order valence-electron chi connectivity index (χ3n) is 2.25. The number of hydrogen-bond acceptors (Lipinski definition) is 3. The lowest BCUT2D eigenvalue weighted by Crippen LogP contribution is -2.44. The van der Waals surface area contributed by atoms with Crippen LogP contribution in [-0.2, 0) is 14.3 Å². The van der Waals surface area contributed by atoms with Crippen LogP contribution in [0.3, 0.4) is 0 Å². The fraction of sp³-hybridized carbons (Fsp3) is 0.900. The van der Waals surface area contributed by atoms with Crippen LogP contribution in [0.2, 0.25) is 0 Å². The zero-order chi connectivity index (χ0) is 13.6. The first-order chi connectivity index (χ1) is 7.72. The normalized spacial score (nSPS) is 15.5. The predicted octanol–water partition coefficient (Wildman–Crippen LogP) is 1.79. The average molecular weight is 257 g/mol. The molecule has 0 aromatic rings. The molecule has 7 heteroatoms. The zero-order valence-electron chi connectivity index (χ0n) is 10.4. The van der Waals surface area contributed by atoms with Gasteiger partial charge in [0, 0.05) is 14.2 Å². The number of rotatable bonds is 6. The number of nitrogens with zero attached hydrogens (tertiary/aromatic N) is 1. The molecule has 17 heavy (non-hydrogen) atoms. The molecule has 0 aromatic carbocycles. The molecule has 0 saturated carbocycles. The van der Waals surface area contributed by atoms with Crippen LogP contribution in [-0.4, -0.2) is 50.1 Å². The number of carbonyl (C=O) groups excluding carboxylic acids is 1. The topological polar surface area (TPSA) is 38.8 Å². The van der Waals surface area contributed by atoms with E-state index in [1.807, 2.05) is 0 Å². The Kier molecular flexibility index (Phi) is 6.48. The maximum atomic E-state index is 11.9. The van der Waals surface area contributed by atoms with E-state index in [4.69, 9.17) is 4.74 Å². The smallest absolute Gasteiger partial charge is 0.362 e. The van der Waals surface area contributed by atoms with Gasteiger partial charge in [0.1, 0.15) is 18.9 Å². The highest BCUT2D eigenvalue weighted by Crippen LogP contribution is 2.16. The Balaban J connectivity index is 4.29. The second-order valence-corrected chi connectivity index (χ2v) is 3.62. The van der Waals surface area contributed by atoms with Gasteiger partial charge in [-0.05, 0) is 13.3 Å². The van der Waals surface area contributed by atoms with E-state index in [1.165, 1.54) is 26.0 Å². The largest absolute Gasteiger partial charge is 0.411 e. The van der Waals surface area contributed by atoms with Crippen molar-refractivity contribution < 1.29 is 27.4 Å². The summed E-state index contributed by atoms with van der Waals surface area (Å²) in [6.07, 6.45) is -5.49. The van der Waals surface area contributed by atoms with Gasteiger partial charge in [-0.25, -0.2) is 0 Å². The predicted molar refractivity (Wildman–Crippen MR) is 55.3 cm³/mol. The van der Waals surface area contributed by atoms with Gasteiger partial charge in [-0.1, -0.05) is 6.92 Å². The molecule has 0 rings (SSSR count). The first-order valence-corrected chi connectivity index (χ1v) is 5.20. The van der Waals surface area contributed by atoms with E-state index in [9.17, 15) is 18.0 Å². The Bertz CT molecular complexity index is 241. The van der Waals surface area contributed by atoms with Crippen molar-refractivity contribution in [2.45, 2.75) is 38.8 Å². The van der Waals surface area contributed by atoms with Gasteiger partial charge in [0.05, 0.1) is 0 Å². The van der Waals surface area contributed by atoms with E-state index in [2.05, 4.69) is 4.74 Å². The van der Waals surface area contributed by atoms with Gasteiger partial charge in [-0.15, -0.1) is 0 Å². The number of amides is 1. The quantitative estimate of drug-likeness (QED) is 0.681. The molecule has 0 fully saturated rings. The summed E-state index contributed by atoms with van der Waals surface area (Å²) in [6.45, 7) is 1.66. The second-order valence-electron chi connectivity index (χ2n) is 3.62. The van der Waals surface area contributed by atoms with Gasteiger partial charge >= 0.3 is 6.18 Å². The van der Waals surface area contributed by atoms with Crippen LogP contribution in [0.15, 0.2) is 0 Å². The Labute approximate surface area is 98.7 Å². The zero-order valence-corrected chi connectivity index (χ0v) is 10.4. The molecular formula is C10H18F3NO3. The first kappa shape index (κ1) is 16.2. The van der Waals surface area contributed by atoms with Gasteiger partial charge in [0.2, 0.25) is 0 Å². The second kappa shape index (κ2) is 6.80. The molecule has 4 nitrogen and oxygen atoms in total. The number of likely N-dealkylation sites (N-methyl/N-ethyl adjacent to an activating group) is 1. The molecule has 0 aromatic heterocycles. The van der Waals surface area contributed by atoms with Crippen LogP contribution in [0.1, 0.15) is 20.3 Å². The molecule has 2 unspecified atom stereocenters. The molecule has 2 atom stereocenters. The van der Waals surface area contributed by atoms with Crippen molar-refractivity contribution in [3.8, 4) is 0 Å². The van der Waals surface area contributed by atoms with E-state index in [0.717, 1.165) is 0 Å². The number of carbonyl (C=O) groups is 1. The number of ether oxygens (including phenoxy) is 2. The van der Waals surface area contributed by atoms with E-state index in [0.29, 0.717) is 6.42 Å². The van der Waals surface area contributed by atoms with Crippen LogP contribution in [0, 0.1) is 0 Å². The highest BCUT2D eigenvalue weighted by Gasteiger charge is 2.31. The summed E-state index contributed by atoms with van der Waals surface area (Å²) in [4.78, 5) is 12.9. The SMILES string of the molecule is CCC(OC)N(C)C(=O)C(C)OCC(F)(F)F. The van der Waals surface area contributed by atoms with E-state index in [1.54, 1.807) is 6.92 Å². The third kappa shape index (κ3) is 5.88. The Morgan fingerprint density at radius 1 is 1.41 bits per heavy atom. The van der Waals surface area contributed by atoms with Crippen LogP contribution in [0.4, 0.5) is 13.2 Å². The van der Waals surface area contributed by atoms with Crippen molar-refractivity contribution in [1.82, 2.24) is 4.90 Å². The number of methoxy groups -OCH3 is 1. The van der Waals surface area contributed by atoms with Gasteiger partial charge in [0.15, 0.2) is 0 Å². The minimum absolute atomic E-state index is 0.459. The van der Waals surface area contributed by atoms with Crippen molar-refractivity contribution in [2.24, 2.45) is 0 Å². The third-order valence-corrected chi connectivity index (χ3v) is 2.25. The van der Waals surface area contributed by atoms with Crippen LogP contribution >= 0.6 is 0 Å². The number of halogens is 3. The lowest BCUT2D eigenvalue weighted by atomic mass is 10.3. The Morgan fingerprint density at radius 2 is 1.94 bits per heavy atom. The molecule has 0 bridgehead atoms. The maximum absolute atomic E-state index is 11.9. The lowest BCUT2D eigenvalue weighted by molar-refractivity contribution is -0.190. The average Bonchev–Trinajstić information content (AvgIpc) is 2.25. The monoisotopic (exact) mass is 257 g/mol. The fourth-order valence-electron chi connectivity index (χ4n) is 1.32. The van der Waals surface area contributed by atoms with Gasteiger partial charge < -0.3 is 14.4 Å².